The van der Waals surface area contributed by atoms with Gasteiger partial charge in [0, 0.05) is 18.4 Å². The smallest absolute Gasteiger partial charge is 0.217 e. The summed E-state index contributed by atoms with van der Waals surface area (Å²) < 4.78 is 69.6. The summed E-state index contributed by atoms with van der Waals surface area (Å²) in [5, 5.41) is 181. The van der Waals surface area contributed by atoms with Crippen molar-refractivity contribution >= 4 is 5.91 Å². The van der Waals surface area contributed by atoms with Gasteiger partial charge < -0.3 is 144 Å². The highest BCUT2D eigenvalue weighted by Gasteiger charge is 2.58. The Hall–Kier alpha value is -2.34. The molecule has 33 nitrogen and oxygen atoms in total. The maximum Gasteiger partial charge on any atom is 0.217 e. The maximum absolute atomic E-state index is 12.8. The average molecular weight is 1130 g/mol. The molecule has 6 fully saturated rings. The number of rotatable bonds is 23. The first-order valence-corrected chi connectivity index (χ1v) is 25.4. The molecular formula is C44H76N4O29. The molecule has 6 aliphatic heterocycles. The van der Waals surface area contributed by atoms with Crippen molar-refractivity contribution in [2.45, 2.75) is 231 Å². The predicted octanol–water partition coefficient (Wildman–Crippen LogP) is -9.01. The van der Waals surface area contributed by atoms with Crippen molar-refractivity contribution in [1.29, 1.82) is 0 Å². The normalized spacial score (nSPS) is 47.7. The maximum atomic E-state index is 12.8. The molecule has 17 N–H and O–H groups in total. The van der Waals surface area contributed by atoms with Gasteiger partial charge in [0.05, 0.1) is 45.2 Å². The summed E-state index contributed by atoms with van der Waals surface area (Å²) in [5.41, 5.74) is 9.05. The van der Waals surface area contributed by atoms with Crippen LogP contribution < -0.4 is 5.32 Å². The fourth-order valence-corrected chi connectivity index (χ4v) is 9.81. The molecule has 6 aliphatic rings. The zero-order valence-electron chi connectivity index (χ0n) is 42.2. The molecular weight excluding hydrogens is 1050 g/mol. The Morgan fingerprint density at radius 2 is 0.935 bits per heavy atom. The molecule has 0 bridgehead atoms. The van der Waals surface area contributed by atoms with Gasteiger partial charge in [-0.05, 0) is 18.9 Å². The van der Waals surface area contributed by atoms with Crippen molar-refractivity contribution in [1.82, 2.24) is 5.32 Å². The highest BCUT2D eigenvalue weighted by molar-refractivity contribution is 5.73. The fraction of sp³-hybridized carbons (Fsp3) is 0.977. The van der Waals surface area contributed by atoms with Crippen LogP contribution in [0.15, 0.2) is 5.11 Å². The number of aliphatic hydroxyl groups is 16. The molecule has 0 aliphatic carbocycles. The fourth-order valence-electron chi connectivity index (χ4n) is 9.81. The summed E-state index contributed by atoms with van der Waals surface area (Å²) in [5.74, 6) is -0.860. The van der Waals surface area contributed by atoms with Crippen molar-refractivity contribution in [2.24, 2.45) is 5.11 Å². The summed E-state index contributed by atoms with van der Waals surface area (Å²) >= 11 is 0. The lowest BCUT2D eigenvalue weighted by molar-refractivity contribution is -0.393. The summed E-state index contributed by atoms with van der Waals surface area (Å²) in [7, 11) is 0. The Labute approximate surface area is 439 Å². The molecule has 30 atom stereocenters. The van der Waals surface area contributed by atoms with Crippen LogP contribution in [0.1, 0.15) is 46.5 Å². The number of ether oxygens (including phenoxy) is 12. The standard InChI is InChI=1S/C44H76N4O29/c1-4-5-6-7-8-66-40-31(63)28(60)34(16(68-40)9-46-48-45)73-42-32(64)29(61)35(20(13-52)72-42)74-43-33(65)37(25(57)19(12-51)70-43)76-39-21(47-15(3)53)36(24(56)18(11-50)69-39)75-44-38(27(59)23(55)17(10-49)71-44)77-41-30(62)26(58)22(54)14(2)67-41/h14,16-44,49-52,54-65H,4-13H2,1-3H3,(H,47,53)/t14?,16?,17?,18?,19?,20?,21?,22-,23+,24+,25+,26+,27+,28-,29-,30?,31?,32?,33?,34-,35+,36-,37+,38?,39+,40-,41+,42+,43-,44+/m1/s1. The number of nitrogens with one attached hydrogen (secondary N) is 1. The lowest BCUT2D eigenvalue weighted by Gasteiger charge is -2.51. The van der Waals surface area contributed by atoms with Gasteiger partial charge >= 0.3 is 0 Å². The third kappa shape index (κ3) is 14.7. The van der Waals surface area contributed by atoms with Gasteiger partial charge in [0.15, 0.2) is 37.7 Å². The summed E-state index contributed by atoms with van der Waals surface area (Å²) in [6, 6.07) is -1.79. The van der Waals surface area contributed by atoms with E-state index in [4.69, 9.17) is 62.4 Å². The number of carbonyl (C=O) groups is 1. The Morgan fingerprint density at radius 1 is 0.481 bits per heavy atom. The van der Waals surface area contributed by atoms with E-state index >= 15 is 0 Å². The van der Waals surface area contributed by atoms with Gasteiger partial charge in [0.2, 0.25) is 5.91 Å². The molecule has 446 valence electrons. The Kier molecular flexibility index (Phi) is 24.1. The molecule has 12 unspecified atom stereocenters. The lowest BCUT2D eigenvalue weighted by atomic mass is 9.94. The van der Waals surface area contributed by atoms with Crippen LogP contribution in [0.25, 0.3) is 10.4 Å². The summed E-state index contributed by atoms with van der Waals surface area (Å²) in [6.45, 7) is 0.0316. The number of amides is 1. The molecule has 0 spiro atoms. The second-order valence-electron chi connectivity index (χ2n) is 19.6. The highest BCUT2D eigenvalue weighted by atomic mass is 16.8. The summed E-state index contributed by atoms with van der Waals surface area (Å²) in [4.78, 5) is 15.5. The number of unbranched alkanes of at least 4 members (excludes halogenated alkanes) is 3. The SMILES string of the molecule is CCCCCCO[C@@H]1OC(CN=[N+]=[N-])[C@@H](O[C@@H]2OC(CO)[C@H](O[C@H]3OC(CO)[C@H](O)[C@H](O[C@@H]4OC(CO)[C@H](O)[C@H](O[C@@H]5OC(CO)[C@H](O)[C@H](O)C5O[C@@H]5OC(C)[C@@H](O)[C@H](O)C5O)C4NC(C)=O)C3O)[C@H](O)C2O)[C@H](O)C1O. The van der Waals surface area contributed by atoms with E-state index in [1.54, 1.807) is 0 Å². The quantitative estimate of drug-likeness (QED) is 0.0195. The van der Waals surface area contributed by atoms with Crippen LogP contribution in [-0.2, 0) is 61.6 Å². The molecule has 6 rings (SSSR count). The van der Waals surface area contributed by atoms with Crippen molar-refractivity contribution in [3.63, 3.8) is 0 Å². The molecule has 0 radical (unpaired) electrons. The Morgan fingerprint density at radius 3 is 1.53 bits per heavy atom. The number of hydrogen-bond donors (Lipinski definition) is 17. The number of azide groups is 1. The van der Waals surface area contributed by atoms with Gasteiger partial charge in [-0.25, -0.2) is 0 Å². The van der Waals surface area contributed by atoms with Gasteiger partial charge in [-0.3, -0.25) is 4.79 Å². The molecule has 6 heterocycles. The van der Waals surface area contributed by atoms with Crippen LogP contribution in [-0.4, -0.2) is 311 Å². The highest BCUT2D eigenvalue weighted by Crippen LogP contribution is 2.37. The first kappa shape index (κ1) is 63.8. The Balaban J connectivity index is 1.20. The third-order valence-corrected chi connectivity index (χ3v) is 14.2. The zero-order valence-corrected chi connectivity index (χ0v) is 42.2. The molecule has 6 saturated heterocycles. The topological polar surface area (TPSA) is 512 Å². The van der Waals surface area contributed by atoms with Crippen molar-refractivity contribution in [3.05, 3.63) is 10.4 Å². The second kappa shape index (κ2) is 29.1. The van der Waals surface area contributed by atoms with E-state index in [0.717, 1.165) is 26.2 Å². The van der Waals surface area contributed by atoms with E-state index in [9.17, 15) is 86.5 Å². The molecule has 0 aromatic carbocycles. The average Bonchev–Trinajstić information content (AvgIpc) is 3.42. The number of nitrogens with zero attached hydrogens (tertiary/aromatic N) is 3. The van der Waals surface area contributed by atoms with E-state index in [2.05, 4.69) is 15.3 Å². The minimum atomic E-state index is -2.22. The van der Waals surface area contributed by atoms with E-state index in [1.807, 2.05) is 6.92 Å². The van der Waals surface area contributed by atoms with Gasteiger partial charge in [0.25, 0.3) is 0 Å². The van der Waals surface area contributed by atoms with E-state index in [1.165, 1.54) is 6.92 Å². The first-order valence-electron chi connectivity index (χ1n) is 25.4. The molecule has 77 heavy (non-hydrogen) atoms. The minimum absolute atomic E-state index is 0.149. The molecule has 1 amide bonds. The zero-order chi connectivity index (χ0) is 56.6. The van der Waals surface area contributed by atoms with Crippen LogP contribution in [0.4, 0.5) is 0 Å². The number of carbonyl (C=O) groups excluding carboxylic acids is 1. The summed E-state index contributed by atoms with van der Waals surface area (Å²) in [6.07, 6.45) is -49.9. The van der Waals surface area contributed by atoms with E-state index in [0.29, 0.717) is 6.42 Å². The first-order chi connectivity index (χ1) is 36.7. The van der Waals surface area contributed by atoms with Gasteiger partial charge in [-0.2, -0.15) is 0 Å². The van der Waals surface area contributed by atoms with Crippen LogP contribution in [0.2, 0.25) is 0 Å². The van der Waals surface area contributed by atoms with Crippen molar-refractivity contribution in [2.75, 3.05) is 39.6 Å². The van der Waals surface area contributed by atoms with Gasteiger partial charge in [0.1, 0.15) is 134 Å². The largest absolute Gasteiger partial charge is 0.394 e. The van der Waals surface area contributed by atoms with Crippen LogP contribution in [0.3, 0.4) is 0 Å². The minimum Gasteiger partial charge on any atom is -0.394 e. The van der Waals surface area contributed by atoms with Gasteiger partial charge in [-0.1, -0.05) is 31.3 Å². The molecule has 0 aromatic rings. The lowest BCUT2D eigenvalue weighted by Crippen LogP contribution is -2.70. The number of hydrogen-bond acceptors (Lipinski definition) is 30. The van der Waals surface area contributed by atoms with E-state index in [-0.39, 0.29) is 6.61 Å². The molecule has 0 aromatic heterocycles. The third-order valence-electron chi connectivity index (χ3n) is 14.2. The number of aliphatic hydroxyl groups excluding tert-OH is 16. The monoisotopic (exact) mass is 1120 g/mol. The van der Waals surface area contributed by atoms with Gasteiger partial charge in [-0.15, -0.1) is 0 Å². The molecule has 33 heteroatoms. The van der Waals surface area contributed by atoms with Crippen LogP contribution in [0, 0.1) is 0 Å². The predicted molar refractivity (Wildman–Crippen MR) is 244 cm³/mol. The van der Waals surface area contributed by atoms with Crippen LogP contribution in [0.5, 0.6) is 0 Å². The van der Waals surface area contributed by atoms with Crippen LogP contribution >= 0.6 is 0 Å². The van der Waals surface area contributed by atoms with Crippen molar-refractivity contribution < 1.29 is 143 Å². The van der Waals surface area contributed by atoms with Crippen molar-refractivity contribution in [3.8, 4) is 0 Å². The van der Waals surface area contributed by atoms with E-state index < -0.39 is 223 Å². The molecule has 0 saturated carbocycles. The second-order valence-corrected chi connectivity index (χ2v) is 19.6. The Bertz CT molecular complexity index is 1850.